The molecule has 0 aliphatic carbocycles. The molecule has 5 nitrogen and oxygen atoms in total. The first-order chi connectivity index (χ1) is 10.6. The first kappa shape index (κ1) is 16.5. The largest absolute Gasteiger partial charge is 0.495 e. The Hall–Kier alpha value is -1.92. The molecule has 1 aromatic heterocycles. The van der Waals surface area contributed by atoms with E-state index in [1.165, 1.54) is 26.0 Å². The lowest BCUT2D eigenvalue weighted by Gasteiger charge is -2.13. The summed E-state index contributed by atoms with van der Waals surface area (Å²) in [7, 11) is 3.02. The number of aromatic nitrogens is 1. The first-order valence-electron chi connectivity index (χ1n) is 6.32. The van der Waals surface area contributed by atoms with Gasteiger partial charge in [-0.05, 0) is 24.5 Å². The number of thioether (sulfide) groups is 1. The van der Waals surface area contributed by atoms with Crippen molar-refractivity contribution in [1.82, 2.24) is 4.98 Å². The van der Waals surface area contributed by atoms with E-state index < -0.39 is 0 Å². The zero-order valence-corrected chi connectivity index (χ0v) is 13.9. The molecular formula is C15H15ClN2O3S. The monoisotopic (exact) mass is 338 g/mol. The van der Waals surface area contributed by atoms with Crippen molar-refractivity contribution < 1.29 is 14.3 Å². The molecule has 2 aromatic rings. The molecule has 1 aromatic carbocycles. The van der Waals surface area contributed by atoms with Gasteiger partial charge < -0.3 is 14.8 Å². The summed E-state index contributed by atoms with van der Waals surface area (Å²) in [6, 6.07) is 6.64. The van der Waals surface area contributed by atoms with E-state index in [0.717, 1.165) is 0 Å². The molecule has 0 fully saturated rings. The minimum Gasteiger partial charge on any atom is -0.495 e. The third-order valence-corrected chi connectivity index (χ3v) is 3.94. The number of carbonyl (C=O) groups excluding carboxylic acids is 1. The van der Waals surface area contributed by atoms with E-state index in [9.17, 15) is 4.79 Å². The average Bonchev–Trinajstić information content (AvgIpc) is 2.55. The lowest BCUT2D eigenvalue weighted by molar-refractivity contribution is 0.102. The quantitative estimate of drug-likeness (QED) is 0.842. The van der Waals surface area contributed by atoms with E-state index in [1.54, 1.807) is 30.5 Å². The molecule has 0 aliphatic rings. The smallest absolute Gasteiger partial charge is 0.258 e. The van der Waals surface area contributed by atoms with Crippen LogP contribution in [0.1, 0.15) is 10.4 Å². The normalized spacial score (nSPS) is 10.2. The molecule has 1 heterocycles. The molecule has 0 atom stereocenters. The lowest BCUT2D eigenvalue weighted by atomic mass is 10.2. The van der Waals surface area contributed by atoms with E-state index in [-0.39, 0.29) is 5.91 Å². The molecule has 0 aliphatic heterocycles. The number of hydrogen-bond donors (Lipinski definition) is 1. The number of ether oxygens (including phenoxy) is 2. The topological polar surface area (TPSA) is 60.5 Å². The van der Waals surface area contributed by atoms with Crippen LogP contribution in [-0.4, -0.2) is 31.4 Å². The van der Waals surface area contributed by atoms with Gasteiger partial charge in [0, 0.05) is 12.3 Å². The Morgan fingerprint density at radius 3 is 2.64 bits per heavy atom. The van der Waals surface area contributed by atoms with Crippen LogP contribution in [0.4, 0.5) is 5.69 Å². The Kier molecular flexibility index (Phi) is 5.51. The number of nitrogens with one attached hydrogen (secondary N) is 1. The van der Waals surface area contributed by atoms with E-state index in [2.05, 4.69) is 10.3 Å². The molecule has 0 saturated carbocycles. The number of amides is 1. The van der Waals surface area contributed by atoms with Crippen LogP contribution in [0.5, 0.6) is 11.5 Å². The molecule has 0 saturated heterocycles. The number of anilines is 1. The summed E-state index contributed by atoms with van der Waals surface area (Å²) in [5.74, 6) is 0.656. The molecule has 0 unspecified atom stereocenters. The summed E-state index contributed by atoms with van der Waals surface area (Å²) in [6.07, 6.45) is 3.51. The Labute approximate surface area is 138 Å². The second-order valence-corrected chi connectivity index (χ2v) is 5.40. The summed E-state index contributed by atoms with van der Waals surface area (Å²) < 4.78 is 10.4. The van der Waals surface area contributed by atoms with Crippen molar-refractivity contribution in [3.63, 3.8) is 0 Å². The number of methoxy groups -OCH3 is 2. The summed E-state index contributed by atoms with van der Waals surface area (Å²) in [4.78, 5) is 16.6. The van der Waals surface area contributed by atoms with Gasteiger partial charge in [-0.15, -0.1) is 11.8 Å². The molecular weight excluding hydrogens is 324 g/mol. The number of hydrogen-bond acceptors (Lipinski definition) is 5. The third-order valence-electron chi connectivity index (χ3n) is 2.93. The van der Waals surface area contributed by atoms with Gasteiger partial charge in [-0.25, -0.2) is 4.98 Å². The lowest BCUT2D eigenvalue weighted by Crippen LogP contribution is -2.14. The Morgan fingerprint density at radius 2 is 2.00 bits per heavy atom. The fraction of sp³-hybridized carbons (Fsp3) is 0.200. The second-order valence-electron chi connectivity index (χ2n) is 4.20. The van der Waals surface area contributed by atoms with Crippen molar-refractivity contribution in [2.24, 2.45) is 0 Å². The van der Waals surface area contributed by atoms with Crippen LogP contribution in [0, 0.1) is 0 Å². The molecule has 0 radical (unpaired) electrons. The van der Waals surface area contributed by atoms with Gasteiger partial charge in [0.05, 0.1) is 30.5 Å². The molecule has 116 valence electrons. The highest BCUT2D eigenvalue weighted by atomic mass is 35.5. The van der Waals surface area contributed by atoms with Crippen LogP contribution in [0.3, 0.4) is 0 Å². The van der Waals surface area contributed by atoms with Crippen molar-refractivity contribution in [1.29, 1.82) is 0 Å². The van der Waals surface area contributed by atoms with Gasteiger partial charge in [0.2, 0.25) is 0 Å². The number of benzene rings is 1. The molecule has 2 rings (SSSR count). The van der Waals surface area contributed by atoms with Crippen molar-refractivity contribution >= 4 is 35.0 Å². The van der Waals surface area contributed by atoms with Gasteiger partial charge in [-0.3, -0.25) is 4.79 Å². The standard InChI is InChI=1S/C15H15ClN2O3S/c1-20-12-8-13(21-2)11(7-10(12)16)18-14(19)9-5-4-6-17-15(9)22-3/h4-8H,1-3H3,(H,18,19). The predicted molar refractivity (Wildman–Crippen MR) is 88.5 cm³/mol. The van der Waals surface area contributed by atoms with Gasteiger partial charge in [0.25, 0.3) is 5.91 Å². The fourth-order valence-electron chi connectivity index (χ4n) is 1.87. The van der Waals surface area contributed by atoms with Gasteiger partial charge in [0.1, 0.15) is 16.5 Å². The van der Waals surface area contributed by atoms with Crippen molar-refractivity contribution in [3.05, 3.63) is 41.0 Å². The highest BCUT2D eigenvalue weighted by Crippen LogP contribution is 2.36. The number of halogens is 1. The van der Waals surface area contributed by atoms with Crippen molar-refractivity contribution in [3.8, 4) is 11.5 Å². The molecule has 1 amide bonds. The van der Waals surface area contributed by atoms with E-state index in [4.69, 9.17) is 21.1 Å². The van der Waals surface area contributed by atoms with E-state index >= 15 is 0 Å². The van der Waals surface area contributed by atoms with Crippen LogP contribution in [-0.2, 0) is 0 Å². The Morgan fingerprint density at radius 1 is 1.27 bits per heavy atom. The summed E-state index contributed by atoms with van der Waals surface area (Å²) in [5, 5.41) is 3.82. The number of pyridine rings is 1. The third kappa shape index (κ3) is 3.45. The summed E-state index contributed by atoms with van der Waals surface area (Å²) in [5.41, 5.74) is 0.957. The zero-order chi connectivity index (χ0) is 16.1. The minimum absolute atomic E-state index is 0.281. The van der Waals surface area contributed by atoms with Crippen LogP contribution < -0.4 is 14.8 Å². The van der Waals surface area contributed by atoms with Crippen LogP contribution in [0.2, 0.25) is 5.02 Å². The molecule has 0 spiro atoms. The highest BCUT2D eigenvalue weighted by Gasteiger charge is 2.16. The van der Waals surface area contributed by atoms with E-state index in [1.807, 2.05) is 6.26 Å². The van der Waals surface area contributed by atoms with Crippen LogP contribution in [0.15, 0.2) is 35.5 Å². The maximum Gasteiger partial charge on any atom is 0.258 e. The predicted octanol–water partition coefficient (Wildman–Crippen LogP) is 3.73. The first-order valence-corrected chi connectivity index (χ1v) is 7.92. The SMILES string of the molecule is COc1cc(OC)c(NC(=O)c2cccnc2SC)cc1Cl. The van der Waals surface area contributed by atoms with Crippen molar-refractivity contribution in [2.75, 3.05) is 25.8 Å². The molecule has 0 bridgehead atoms. The number of nitrogens with zero attached hydrogens (tertiary/aromatic N) is 1. The number of rotatable bonds is 5. The van der Waals surface area contributed by atoms with Crippen LogP contribution in [0.25, 0.3) is 0 Å². The number of carbonyl (C=O) groups is 1. The molecule has 1 N–H and O–H groups in total. The van der Waals surface area contributed by atoms with Gasteiger partial charge in [0.15, 0.2) is 0 Å². The van der Waals surface area contributed by atoms with Gasteiger partial charge in [-0.2, -0.15) is 0 Å². The summed E-state index contributed by atoms with van der Waals surface area (Å²) >= 11 is 7.50. The minimum atomic E-state index is -0.281. The fourth-order valence-corrected chi connectivity index (χ4v) is 2.66. The van der Waals surface area contributed by atoms with E-state index in [0.29, 0.717) is 32.8 Å². The highest BCUT2D eigenvalue weighted by molar-refractivity contribution is 7.98. The average molecular weight is 339 g/mol. The summed E-state index contributed by atoms with van der Waals surface area (Å²) in [6.45, 7) is 0. The van der Waals surface area contributed by atoms with Gasteiger partial charge >= 0.3 is 0 Å². The Balaban J connectivity index is 2.34. The van der Waals surface area contributed by atoms with Gasteiger partial charge in [-0.1, -0.05) is 11.6 Å². The Bertz CT molecular complexity index is 694. The maximum atomic E-state index is 12.4. The second kappa shape index (κ2) is 7.38. The maximum absolute atomic E-state index is 12.4. The molecule has 22 heavy (non-hydrogen) atoms. The zero-order valence-electron chi connectivity index (χ0n) is 12.3. The van der Waals surface area contributed by atoms with Crippen LogP contribution >= 0.6 is 23.4 Å². The molecule has 7 heteroatoms. The van der Waals surface area contributed by atoms with Crippen molar-refractivity contribution in [2.45, 2.75) is 5.03 Å².